The number of carbonyl (C=O) groups excluding carboxylic acids is 3. The molecule has 0 spiro atoms. The summed E-state index contributed by atoms with van der Waals surface area (Å²) in [5.74, 6) is -2.15. The summed E-state index contributed by atoms with van der Waals surface area (Å²) < 4.78 is 25.6. The highest BCUT2D eigenvalue weighted by Crippen LogP contribution is 2.58. The van der Waals surface area contributed by atoms with Gasteiger partial charge in [0, 0.05) is 25.7 Å². The smallest absolute Gasteiger partial charge is 0.327 e. The minimum absolute atomic E-state index is 0.0101. The van der Waals surface area contributed by atoms with E-state index >= 15 is 0 Å². The van der Waals surface area contributed by atoms with Crippen LogP contribution in [0.2, 0.25) is 0 Å². The quantitative estimate of drug-likeness (QED) is 0.103. The van der Waals surface area contributed by atoms with E-state index < -0.39 is 77.8 Å². The highest BCUT2D eigenvalue weighted by molar-refractivity contribution is 5.94. The van der Waals surface area contributed by atoms with Crippen LogP contribution in [0.25, 0.3) is 6.08 Å². The molecule has 3 N–H and O–H groups in total. The maximum atomic E-state index is 14.9. The van der Waals surface area contributed by atoms with E-state index in [9.17, 15) is 24.6 Å². The van der Waals surface area contributed by atoms with Crippen molar-refractivity contribution in [1.82, 2.24) is 10.4 Å². The molecule has 7 atom stereocenters. The van der Waals surface area contributed by atoms with Gasteiger partial charge in [0.1, 0.15) is 41.2 Å². The third-order valence-corrected chi connectivity index (χ3v) is 11.7. The first-order valence-corrected chi connectivity index (χ1v) is 21.0. The van der Waals surface area contributed by atoms with E-state index in [4.69, 9.17) is 23.8 Å². The van der Waals surface area contributed by atoms with Gasteiger partial charge >= 0.3 is 11.9 Å². The van der Waals surface area contributed by atoms with E-state index in [0.717, 1.165) is 55.2 Å². The highest BCUT2D eigenvalue weighted by atomic mass is 16.8. The molecule has 2 bridgehead atoms. The average molecular weight is 791 g/mol. The molecule has 12 nitrogen and oxygen atoms in total. The number of aliphatic hydroxyl groups excluding tert-OH is 1. The van der Waals surface area contributed by atoms with Gasteiger partial charge in [0.05, 0.1) is 19.2 Å². The zero-order valence-corrected chi connectivity index (χ0v) is 34.2. The summed E-state index contributed by atoms with van der Waals surface area (Å²) in [5.41, 5.74) is 0.428. The van der Waals surface area contributed by atoms with E-state index in [2.05, 4.69) is 19.2 Å². The van der Waals surface area contributed by atoms with Crippen LogP contribution < -0.4 is 5.32 Å². The summed E-state index contributed by atoms with van der Waals surface area (Å²) in [7, 11) is 0. The van der Waals surface area contributed by atoms with Crippen LogP contribution in [0.1, 0.15) is 122 Å². The number of fused-ring (bicyclic) bond motifs is 4. The Morgan fingerprint density at radius 1 is 0.982 bits per heavy atom. The second kappa shape index (κ2) is 18.4. The number of benzene rings is 2. The zero-order chi connectivity index (χ0) is 40.8. The second-order valence-corrected chi connectivity index (χ2v) is 17.1. The maximum Gasteiger partial charge on any atom is 0.327 e. The van der Waals surface area contributed by atoms with Gasteiger partial charge in [0.2, 0.25) is 5.91 Å². The minimum Gasteiger partial charge on any atom is -0.508 e. The number of aromatic hydroxyl groups is 1. The summed E-state index contributed by atoms with van der Waals surface area (Å²) in [5, 5.41) is 25.3. The Bertz CT molecular complexity index is 1730. The SMILES string of the molecule is CCCCCC1(CCCCC)OC2C3CC4(C(=O)NC(CO)CCC(=O)OC(C)(C)C)C(ON(Cc5ccccc5C=CCc5ccccc5O)C4C(=O)O3)C2O1. The van der Waals surface area contributed by atoms with E-state index in [0.29, 0.717) is 19.3 Å². The fraction of sp³-hybridized carbons (Fsp3) is 0.622. The standard InChI is InChI=1S/C45H62N2O10/c1-6-8-14-25-44(26-15-9-7-2)55-37-35-27-45(42(52)46-33(29-48)23-24-36(50)54-43(3,4)5)39(41(51)53-35)47(57-40(45)38(37)56-44)28-32-19-11-10-17-30(32)20-16-21-31-18-12-13-22-34(31)49/h10-13,16-20,22,33,35,37-40,48-49H,6-9,14-15,21,23-29H2,1-5H3,(H,46,52). The summed E-state index contributed by atoms with van der Waals surface area (Å²) in [4.78, 5) is 48.7. The van der Waals surface area contributed by atoms with E-state index in [1.807, 2.05) is 48.6 Å². The number of phenols is 1. The molecule has 4 aliphatic rings. The molecule has 312 valence electrons. The number of rotatable bonds is 19. The van der Waals surface area contributed by atoms with Crippen molar-refractivity contribution in [2.75, 3.05) is 6.61 Å². The van der Waals surface area contributed by atoms with Gasteiger partial charge in [-0.2, -0.15) is 5.06 Å². The molecule has 6 rings (SSSR count). The third kappa shape index (κ3) is 9.57. The van der Waals surface area contributed by atoms with Crippen LogP contribution in [-0.2, 0) is 51.1 Å². The number of carbonyl (C=O) groups is 3. The molecule has 0 aromatic heterocycles. The number of allylic oxidation sites excluding steroid dienone is 1. The van der Waals surface area contributed by atoms with Crippen LogP contribution >= 0.6 is 0 Å². The summed E-state index contributed by atoms with van der Waals surface area (Å²) in [6, 6.07) is 13.1. The molecule has 1 saturated carbocycles. The molecule has 12 heteroatoms. The van der Waals surface area contributed by atoms with Crippen LogP contribution in [0.5, 0.6) is 5.75 Å². The molecular weight excluding hydrogens is 728 g/mol. The van der Waals surface area contributed by atoms with Crippen molar-refractivity contribution in [3.05, 3.63) is 71.3 Å². The van der Waals surface area contributed by atoms with Crippen LogP contribution in [0.15, 0.2) is 54.6 Å². The number of ether oxygens (including phenoxy) is 4. The molecule has 3 saturated heterocycles. The molecule has 0 radical (unpaired) electrons. The Morgan fingerprint density at radius 3 is 2.32 bits per heavy atom. The van der Waals surface area contributed by atoms with Crippen LogP contribution in [0.4, 0.5) is 0 Å². The molecule has 1 amide bonds. The lowest BCUT2D eigenvalue weighted by Gasteiger charge is -2.49. The Balaban J connectivity index is 1.32. The van der Waals surface area contributed by atoms with Crippen molar-refractivity contribution < 1.29 is 48.4 Å². The highest BCUT2D eigenvalue weighted by Gasteiger charge is 2.76. The van der Waals surface area contributed by atoms with Gasteiger partial charge < -0.3 is 34.5 Å². The lowest BCUT2D eigenvalue weighted by Crippen LogP contribution is -2.70. The third-order valence-electron chi connectivity index (χ3n) is 11.7. The molecule has 3 aliphatic heterocycles. The van der Waals surface area contributed by atoms with Crippen LogP contribution in [0, 0.1) is 5.41 Å². The lowest BCUT2D eigenvalue weighted by molar-refractivity contribution is -0.224. The fourth-order valence-corrected chi connectivity index (χ4v) is 8.92. The number of amides is 1. The summed E-state index contributed by atoms with van der Waals surface area (Å²) >= 11 is 0. The van der Waals surface area contributed by atoms with Crippen LogP contribution in [0.3, 0.4) is 0 Å². The average Bonchev–Trinajstić information content (AvgIpc) is 3.72. The van der Waals surface area contributed by atoms with Gasteiger partial charge in [0.15, 0.2) is 11.8 Å². The van der Waals surface area contributed by atoms with Crippen LogP contribution in [-0.4, -0.2) is 87.6 Å². The molecule has 2 aromatic carbocycles. The van der Waals surface area contributed by atoms with Crippen molar-refractivity contribution in [2.24, 2.45) is 5.41 Å². The minimum atomic E-state index is -1.44. The number of para-hydroxylation sites is 1. The first-order chi connectivity index (χ1) is 27.3. The number of esters is 2. The first-order valence-electron chi connectivity index (χ1n) is 21.0. The monoisotopic (exact) mass is 790 g/mol. The normalized spacial score (nSPS) is 26.9. The number of nitrogens with one attached hydrogen (secondary N) is 1. The Morgan fingerprint density at radius 2 is 1.65 bits per heavy atom. The Labute approximate surface area is 337 Å². The van der Waals surface area contributed by atoms with Gasteiger partial charge in [-0.1, -0.05) is 94.1 Å². The number of hydrogen-bond acceptors (Lipinski definition) is 11. The van der Waals surface area contributed by atoms with Gasteiger partial charge in [-0.3, -0.25) is 19.2 Å². The molecular formula is C45H62N2O10. The summed E-state index contributed by atoms with van der Waals surface area (Å²) in [6.45, 7) is 9.41. The van der Waals surface area contributed by atoms with Crippen molar-refractivity contribution in [3.63, 3.8) is 0 Å². The lowest BCUT2D eigenvalue weighted by atomic mass is 9.62. The molecule has 57 heavy (non-hydrogen) atoms. The van der Waals surface area contributed by atoms with Gasteiger partial charge in [-0.25, -0.2) is 0 Å². The number of hydroxylamine groups is 2. The number of nitrogens with zero attached hydrogens (tertiary/aromatic N) is 1. The first kappa shape index (κ1) is 42.8. The Kier molecular flexibility index (Phi) is 13.8. The van der Waals surface area contributed by atoms with Crippen molar-refractivity contribution in [2.45, 2.75) is 166 Å². The fourth-order valence-electron chi connectivity index (χ4n) is 8.92. The van der Waals surface area contributed by atoms with E-state index in [-0.39, 0.29) is 31.6 Å². The largest absolute Gasteiger partial charge is 0.508 e. The van der Waals surface area contributed by atoms with Gasteiger partial charge in [-0.15, -0.1) is 0 Å². The van der Waals surface area contributed by atoms with Crippen molar-refractivity contribution >= 4 is 23.9 Å². The van der Waals surface area contributed by atoms with E-state index in [1.165, 1.54) is 0 Å². The summed E-state index contributed by atoms with van der Waals surface area (Å²) in [6.07, 6.45) is 9.04. The number of phenolic OH excluding ortho intramolecular Hbond substituents is 1. The topological polar surface area (TPSA) is 153 Å². The predicted octanol–water partition coefficient (Wildman–Crippen LogP) is 6.69. The molecule has 2 aromatic rings. The number of unbranched alkanes of at least 4 members (excludes halogenated alkanes) is 4. The second-order valence-electron chi connectivity index (χ2n) is 17.1. The van der Waals surface area contributed by atoms with Crippen molar-refractivity contribution in [1.29, 1.82) is 0 Å². The van der Waals surface area contributed by atoms with Gasteiger partial charge in [0.25, 0.3) is 0 Å². The van der Waals surface area contributed by atoms with E-state index in [1.54, 1.807) is 38.0 Å². The maximum absolute atomic E-state index is 14.9. The number of aliphatic hydroxyl groups is 1. The molecule has 4 fully saturated rings. The molecule has 3 heterocycles. The predicted molar refractivity (Wildman–Crippen MR) is 213 cm³/mol. The number of hydrogen-bond donors (Lipinski definition) is 3. The molecule has 1 aliphatic carbocycles. The Hall–Kier alpha value is -3.81. The molecule has 7 unspecified atom stereocenters. The van der Waals surface area contributed by atoms with Crippen molar-refractivity contribution in [3.8, 4) is 5.75 Å². The zero-order valence-electron chi connectivity index (χ0n) is 34.2. The van der Waals surface area contributed by atoms with Gasteiger partial charge in [-0.05, 0) is 69.2 Å².